The fourth-order valence-corrected chi connectivity index (χ4v) is 3.66. The molecule has 0 radical (unpaired) electrons. The molecular formula is C19H26N2O2. The van der Waals surface area contributed by atoms with E-state index < -0.39 is 0 Å². The molecule has 124 valence electrons. The van der Waals surface area contributed by atoms with Crippen molar-refractivity contribution in [2.75, 3.05) is 18.0 Å². The number of benzene rings is 1. The maximum Gasteiger partial charge on any atom is 0.249 e. The number of piperazine rings is 1. The molecule has 1 fully saturated rings. The van der Waals surface area contributed by atoms with Crippen molar-refractivity contribution in [3.05, 3.63) is 29.3 Å². The van der Waals surface area contributed by atoms with Gasteiger partial charge in [-0.3, -0.25) is 9.59 Å². The monoisotopic (exact) mass is 314 g/mol. The minimum Gasteiger partial charge on any atom is -0.329 e. The SMILES string of the molecule is CC(C)CC(=O)N1CCN(c2ccc3c(c2)CCC3)C(=O)C1C. The number of hydrogen-bond acceptors (Lipinski definition) is 2. The van der Waals surface area contributed by atoms with Gasteiger partial charge in [-0.15, -0.1) is 0 Å². The molecule has 1 atom stereocenters. The normalized spacial score (nSPS) is 21.0. The quantitative estimate of drug-likeness (QED) is 0.861. The van der Waals surface area contributed by atoms with Crippen molar-refractivity contribution in [3.8, 4) is 0 Å². The third-order valence-corrected chi connectivity index (χ3v) is 4.95. The van der Waals surface area contributed by atoms with Crippen LogP contribution in [0.25, 0.3) is 0 Å². The zero-order chi connectivity index (χ0) is 16.6. The maximum atomic E-state index is 12.8. The van der Waals surface area contributed by atoms with Gasteiger partial charge in [-0.2, -0.15) is 0 Å². The zero-order valence-corrected chi connectivity index (χ0v) is 14.3. The molecule has 4 nitrogen and oxygen atoms in total. The molecule has 1 saturated heterocycles. The van der Waals surface area contributed by atoms with Gasteiger partial charge in [0, 0.05) is 25.2 Å². The molecule has 0 spiro atoms. The van der Waals surface area contributed by atoms with Gasteiger partial charge in [0.1, 0.15) is 6.04 Å². The molecule has 1 aliphatic carbocycles. The minimum absolute atomic E-state index is 0.0336. The molecule has 0 saturated carbocycles. The van der Waals surface area contributed by atoms with Crippen LogP contribution in [0.4, 0.5) is 5.69 Å². The molecule has 3 rings (SSSR count). The third kappa shape index (κ3) is 3.12. The van der Waals surface area contributed by atoms with Crippen LogP contribution in [-0.2, 0) is 22.4 Å². The molecule has 0 bridgehead atoms. The van der Waals surface area contributed by atoms with Gasteiger partial charge in [-0.1, -0.05) is 19.9 Å². The topological polar surface area (TPSA) is 40.6 Å². The Bertz CT molecular complexity index is 624. The maximum absolute atomic E-state index is 12.8. The van der Waals surface area contributed by atoms with Gasteiger partial charge in [0.15, 0.2) is 0 Å². The van der Waals surface area contributed by atoms with Crippen molar-refractivity contribution in [2.45, 2.75) is 52.5 Å². The van der Waals surface area contributed by atoms with Gasteiger partial charge in [0.05, 0.1) is 0 Å². The third-order valence-electron chi connectivity index (χ3n) is 4.95. The molecule has 1 aromatic carbocycles. The summed E-state index contributed by atoms with van der Waals surface area (Å²) in [6.07, 6.45) is 3.98. The summed E-state index contributed by atoms with van der Waals surface area (Å²) in [5, 5.41) is 0. The van der Waals surface area contributed by atoms with Gasteiger partial charge in [-0.25, -0.2) is 0 Å². The summed E-state index contributed by atoms with van der Waals surface area (Å²) in [5.74, 6) is 0.445. The molecule has 23 heavy (non-hydrogen) atoms. The Hall–Kier alpha value is -1.84. The number of carbonyl (C=O) groups excluding carboxylic acids is 2. The van der Waals surface area contributed by atoms with Crippen molar-refractivity contribution in [2.24, 2.45) is 5.92 Å². The number of fused-ring (bicyclic) bond motifs is 1. The summed E-state index contributed by atoms with van der Waals surface area (Å²) in [5.41, 5.74) is 3.78. The Morgan fingerprint density at radius 3 is 2.70 bits per heavy atom. The summed E-state index contributed by atoms with van der Waals surface area (Å²) in [4.78, 5) is 28.7. The van der Waals surface area contributed by atoms with Crippen LogP contribution in [0.15, 0.2) is 18.2 Å². The Labute approximate surface area is 138 Å². The fraction of sp³-hybridized carbons (Fsp3) is 0.579. The Morgan fingerprint density at radius 2 is 1.96 bits per heavy atom. The molecule has 1 unspecified atom stereocenters. The van der Waals surface area contributed by atoms with Gasteiger partial charge in [0.2, 0.25) is 11.8 Å². The molecule has 2 aliphatic rings. The number of nitrogens with zero attached hydrogens (tertiary/aromatic N) is 2. The lowest BCUT2D eigenvalue weighted by molar-refractivity contribution is -0.141. The number of hydrogen-bond donors (Lipinski definition) is 0. The molecular weight excluding hydrogens is 288 g/mol. The van der Waals surface area contributed by atoms with Crippen molar-refractivity contribution >= 4 is 17.5 Å². The molecule has 4 heteroatoms. The van der Waals surface area contributed by atoms with E-state index in [-0.39, 0.29) is 17.9 Å². The highest BCUT2D eigenvalue weighted by Crippen LogP contribution is 2.28. The number of carbonyl (C=O) groups is 2. The molecule has 1 heterocycles. The van der Waals surface area contributed by atoms with Gasteiger partial charge in [-0.05, 0) is 55.4 Å². The van der Waals surface area contributed by atoms with E-state index in [1.165, 1.54) is 17.5 Å². The standard InChI is InChI=1S/C19H26N2O2/c1-13(2)11-18(22)20-9-10-21(19(23)14(20)3)17-8-7-15-5-4-6-16(15)12-17/h7-8,12-14H,4-6,9-11H2,1-3H3. The van der Waals surface area contributed by atoms with Crippen LogP contribution in [-0.4, -0.2) is 35.8 Å². The van der Waals surface area contributed by atoms with E-state index in [4.69, 9.17) is 0 Å². The van der Waals surface area contributed by atoms with Gasteiger partial charge < -0.3 is 9.80 Å². The van der Waals surface area contributed by atoms with E-state index in [1.54, 1.807) is 4.90 Å². The second-order valence-electron chi connectivity index (χ2n) is 7.16. The predicted octanol–water partition coefficient (Wildman–Crippen LogP) is 2.79. The van der Waals surface area contributed by atoms with E-state index in [1.807, 2.05) is 25.7 Å². The summed E-state index contributed by atoms with van der Waals surface area (Å²) in [6.45, 7) is 7.12. The van der Waals surface area contributed by atoms with Crippen LogP contribution in [0.1, 0.15) is 44.7 Å². The first-order chi connectivity index (χ1) is 11.0. The van der Waals surface area contributed by atoms with Crippen LogP contribution >= 0.6 is 0 Å². The number of amides is 2. The first kappa shape index (κ1) is 16.0. The van der Waals surface area contributed by atoms with Crippen molar-refractivity contribution in [1.82, 2.24) is 4.90 Å². The highest BCUT2D eigenvalue weighted by atomic mass is 16.2. The first-order valence-corrected chi connectivity index (χ1v) is 8.70. The van der Waals surface area contributed by atoms with Crippen LogP contribution in [0.3, 0.4) is 0 Å². The smallest absolute Gasteiger partial charge is 0.249 e. The average Bonchev–Trinajstić information content (AvgIpc) is 2.96. The van der Waals surface area contributed by atoms with Crippen LogP contribution in [0, 0.1) is 5.92 Å². The second kappa shape index (κ2) is 6.34. The van der Waals surface area contributed by atoms with Crippen LogP contribution in [0.2, 0.25) is 0 Å². The highest BCUT2D eigenvalue weighted by Gasteiger charge is 2.35. The summed E-state index contributed by atoms with van der Waals surface area (Å²) in [6, 6.07) is 6.01. The van der Waals surface area contributed by atoms with Crippen LogP contribution in [0.5, 0.6) is 0 Å². The highest BCUT2D eigenvalue weighted by molar-refractivity contribution is 6.00. The molecule has 1 aliphatic heterocycles. The lowest BCUT2D eigenvalue weighted by Crippen LogP contribution is -2.58. The number of anilines is 1. The Balaban J connectivity index is 1.75. The average molecular weight is 314 g/mol. The zero-order valence-electron chi connectivity index (χ0n) is 14.3. The van der Waals surface area contributed by atoms with E-state index >= 15 is 0 Å². The molecule has 2 amide bonds. The van der Waals surface area contributed by atoms with Crippen molar-refractivity contribution in [3.63, 3.8) is 0 Å². The van der Waals surface area contributed by atoms with E-state index in [0.717, 1.165) is 18.5 Å². The lowest BCUT2D eigenvalue weighted by Gasteiger charge is -2.39. The molecule has 0 aromatic heterocycles. The second-order valence-corrected chi connectivity index (χ2v) is 7.16. The summed E-state index contributed by atoms with van der Waals surface area (Å²) in [7, 11) is 0. The summed E-state index contributed by atoms with van der Waals surface area (Å²) >= 11 is 0. The largest absolute Gasteiger partial charge is 0.329 e. The van der Waals surface area contributed by atoms with Crippen molar-refractivity contribution in [1.29, 1.82) is 0 Å². The number of rotatable bonds is 3. The molecule has 0 N–H and O–H groups in total. The van der Waals surface area contributed by atoms with Gasteiger partial charge >= 0.3 is 0 Å². The van der Waals surface area contributed by atoms with Crippen LogP contribution < -0.4 is 4.90 Å². The fourth-order valence-electron chi connectivity index (χ4n) is 3.66. The first-order valence-electron chi connectivity index (χ1n) is 8.70. The predicted molar refractivity (Wildman–Crippen MR) is 91.5 cm³/mol. The summed E-state index contributed by atoms with van der Waals surface area (Å²) < 4.78 is 0. The van der Waals surface area contributed by atoms with E-state index in [0.29, 0.717) is 25.4 Å². The molecule has 1 aromatic rings. The Kier molecular flexibility index (Phi) is 4.42. The minimum atomic E-state index is -0.372. The Morgan fingerprint density at radius 1 is 1.22 bits per heavy atom. The number of aryl methyl sites for hydroxylation is 2. The van der Waals surface area contributed by atoms with Crippen molar-refractivity contribution < 1.29 is 9.59 Å². The lowest BCUT2D eigenvalue weighted by atomic mass is 10.1. The van der Waals surface area contributed by atoms with E-state index in [9.17, 15) is 9.59 Å². The van der Waals surface area contributed by atoms with Gasteiger partial charge in [0.25, 0.3) is 0 Å². The van der Waals surface area contributed by atoms with E-state index in [2.05, 4.69) is 18.2 Å².